The van der Waals surface area contributed by atoms with Crippen LogP contribution in [0.4, 0.5) is 16.2 Å². The molecule has 0 bridgehead atoms. The first kappa shape index (κ1) is 13.1. The Morgan fingerprint density at radius 1 is 1.29 bits per heavy atom. The van der Waals surface area contributed by atoms with Gasteiger partial charge in [-0.2, -0.15) is 0 Å². The smallest absolute Gasteiger partial charge is 0.316 e. The highest BCUT2D eigenvalue weighted by Crippen LogP contribution is 2.11. The molecule has 6 heteroatoms. The number of amides is 2. The number of nitrogens with zero attached hydrogens (tertiary/aromatic N) is 2. The number of rotatable bonds is 5. The lowest BCUT2D eigenvalue weighted by Gasteiger charge is -2.12. The molecule has 0 aromatic carbocycles. The van der Waals surface area contributed by atoms with Crippen molar-refractivity contribution in [2.75, 3.05) is 44.9 Å². The molecule has 3 N–H and O–H groups in total. The summed E-state index contributed by atoms with van der Waals surface area (Å²) in [5.41, 5.74) is 1.88. The van der Waals surface area contributed by atoms with Crippen LogP contribution in [0.2, 0.25) is 0 Å². The van der Waals surface area contributed by atoms with Gasteiger partial charge in [-0.25, -0.2) is 4.79 Å². The third-order valence-corrected chi connectivity index (χ3v) is 2.16. The van der Waals surface area contributed by atoms with E-state index in [1.807, 2.05) is 13.1 Å². The largest absolute Gasteiger partial charge is 0.387 e. The van der Waals surface area contributed by atoms with E-state index in [0.717, 1.165) is 11.4 Å². The van der Waals surface area contributed by atoms with Gasteiger partial charge >= 0.3 is 6.03 Å². The van der Waals surface area contributed by atoms with Crippen LogP contribution in [0, 0.1) is 0 Å². The minimum Gasteiger partial charge on any atom is -0.387 e. The monoisotopic (exact) mass is 237 g/mol. The fraction of sp³-hybridized carbons (Fsp3) is 0.455. The fourth-order valence-corrected chi connectivity index (χ4v) is 1.21. The van der Waals surface area contributed by atoms with E-state index in [1.54, 1.807) is 26.5 Å². The normalized spacial score (nSPS) is 9.59. The first-order chi connectivity index (χ1) is 8.13. The van der Waals surface area contributed by atoms with Crippen LogP contribution in [-0.2, 0) is 0 Å². The maximum atomic E-state index is 11.2. The zero-order valence-corrected chi connectivity index (χ0v) is 10.4. The van der Waals surface area contributed by atoms with Gasteiger partial charge < -0.3 is 20.9 Å². The van der Waals surface area contributed by atoms with Crippen LogP contribution in [0.15, 0.2) is 18.5 Å². The summed E-state index contributed by atoms with van der Waals surface area (Å²) < 4.78 is 0. The highest BCUT2D eigenvalue weighted by atomic mass is 16.2. The summed E-state index contributed by atoms with van der Waals surface area (Å²) in [4.78, 5) is 16.8. The Morgan fingerprint density at radius 3 is 2.65 bits per heavy atom. The van der Waals surface area contributed by atoms with Gasteiger partial charge in [-0.05, 0) is 6.07 Å². The molecule has 17 heavy (non-hydrogen) atoms. The molecule has 0 saturated heterocycles. The van der Waals surface area contributed by atoms with Crippen molar-refractivity contribution in [3.63, 3.8) is 0 Å². The SMILES string of the molecule is CNc1cncc(NCCNC(=O)N(C)C)c1. The number of nitrogens with one attached hydrogen (secondary N) is 3. The van der Waals surface area contributed by atoms with E-state index in [2.05, 4.69) is 20.9 Å². The van der Waals surface area contributed by atoms with Crippen molar-refractivity contribution in [2.45, 2.75) is 0 Å². The Morgan fingerprint density at radius 2 is 2.00 bits per heavy atom. The predicted octanol–water partition coefficient (Wildman–Crippen LogP) is 0.806. The molecule has 0 spiro atoms. The zero-order valence-electron chi connectivity index (χ0n) is 10.4. The van der Waals surface area contributed by atoms with Crippen LogP contribution in [0.5, 0.6) is 0 Å². The van der Waals surface area contributed by atoms with Crippen molar-refractivity contribution in [2.24, 2.45) is 0 Å². The van der Waals surface area contributed by atoms with Crippen molar-refractivity contribution in [1.82, 2.24) is 15.2 Å². The van der Waals surface area contributed by atoms with Gasteiger partial charge in [-0.15, -0.1) is 0 Å². The van der Waals surface area contributed by atoms with Gasteiger partial charge in [0.15, 0.2) is 0 Å². The van der Waals surface area contributed by atoms with Crippen molar-refractivity contribution in [1.29, 1.82) is 0 Å². The maximum Gasteiger partial charge on any atom is 0.316 e. The molecule has 0 fully saturated rings. The topological polar surface area (TPSA) is 69.3 Å². The van der Waals surface area contributed by atoms with Gasteiger partial charge in [0, 0.05) is 34.2 Å². The molecule has 2 amide bonds. The Hall–Kier alpha value is -1.98. The lowest BCUT2D eigenvalue weighted by molar-refractivity contribution is 0.218. The van der Waals surface area contributed by atoms with Crippen molar-refractivity contribution < 1.29 is 4.79 Å². The highest BCUT2D eigenvalue weighted by Gasteiger charge is 2.00. The minimum atomic E-state index is -0.0890. The van der Waals surface area contributed by atoms with E-state index in [0.29, 0.717) is 13.1 Å². The van der Waals surface area contributed by atoms with E-state index in [1.165, 1.54) is 4.90 Å². The van der Waals surface area contributed by atoms with Crippen molar-refractivity contribution >= 4 is 17.4 Å². The molecule has 1 aromatic rings. The third kappa shape index (κ3) is 4.58. The van der Waals surface area contributed by atoms with E-state index in [9.17, 15) is 4.79 Å². The quantitative estimate of drug-likeness (QED) is 0.663. The number of pyridine rings is 1. The molecule has 1 heterocycles. The number of carbonyl (C=O) groups excluding carboxylic acids is 1. The average molecular weight is 237 g/mol. The van der Waals surface area contributed by atoms with Gasteiger partial charge in [0.25, 0.3) is 0 Å². The van der Waals surface area contributed by atoms with Crippen molar-refractivity contribution in [3.05, 3.63) is 18.5 Å². The molecule has 0 unspecified atom stereocenters. The Labute approximate surface area is 101 Å². The first-order valence-corrected chi connectivity index (χ1v) is 5.45. The number of anilines is 2. The van der Waals surface area contributed by atoms with Gasteiger partial charge in [-0.3, -0.25) is 4.98 Å². The number of urea groups is 1. The van der Waals surface area contributed by atoms with Gasteiger partial charge in [0.05, 0.1) is 23.8 Å². The standard InChI is InChI=1S/C11H19N5O/c1-12-9-6-10(8-13-7-9)14-4-5-15-11(17)16(2)3/h6-8,12,14H,4-5H2,1-3H3,(H,15,17). The number of aromatic nitrogens is 1. The van der Waals surface area contributed by atoms with E-state index >= 15 is 0 Å². The summed E-state index contributed by atoms with van der Waals surface area (Å²) >= 11 is 0. The van der Waals surface area contributed by atoms with Crippen LogP contribution >= 0.6 is 0 Å². The van der Waals surface area contributed by atoms with Crippen LogP contribution < -0.4 is 16.0 Å². The second-order valence-electron chi connectivity index (χ2n) is 3.77. The van der Waals surface area contributed by atoms with E-state index < -0.39 is 0 Å². The Bertz CT molecular complexity index is 367. The molecule has 0 aliphatic heterocycles. The highest BCUT2D eigenvalue weighted by molar-refractivity contribution is 5.73. The molecule has 1 aromatic heterocycles. The second-order valence-corrected chi connectivity index (χ2v) is 3.77. The molecule has 0 radical (unpaired) electrons. The minimum absolute atomic E-state index is 0.0890. The van der Waals surface area contributed by atoms with Crippen LogP contribution in [-0.4, -0.2) is 50.1 Å². The summed E-state index contributed by atoms with van der Waals surface area (Å²) in [5.74, 6) is 0. The maximum absolute atomic E-state index is 11.2. The van der Waals surface area contributed by atoms with Crippen LogP contribution in [0.3, 0.4) is 0 Å². The molecular formula is C11H19N5O. The van der Waals surface area contributed by atoms with Gasteiger partial charge in [-0.1, -0.05) is 0 Å². The molecular weight excluding hydrogens is 218 g/mol. The predicted molar refractivity (Wildman–Crippen MR) is 69.4 cm³/mol. The Balaban J connectivity index is 2.28. The van der Waals surface area contributed by atoms with E-state index in [-0.39, 0.29) is 6.03 Å². The van der Waals surface area contributed by atoms with Gasteiger partial charge in [0.2, 0.25) is 0 Å². The zero-order chi connectivity index (χ0) is 12.7. The lowest BCUT2D eigenvalue weighted by atomic mass is 10.3. The average Bonchev–Trinajstić information content (AvgIpc) is 2.34. The molecule has 0 atom stereocenters. The third-order valence-electron chi connectivity index (χ3n) is 2.16. The first-order valence-electron chi connectivity index (χ1n) is 5.45. The van der Waals surface area contributed by atoms with Crippen LogP contribution in [0.1, 0.15) is 0 Å². The molecule has 6 nitrogen and oxygen atoms in total. The number of carbonyl (C=O) groups is 1. The molecule has 94 valence electrons. The van der Waals surface area contributed by atoms with E-state index in [4.69, 9.17) is 0 Å². The molecule has 0 aliphatic carbocycles. The fourth-order valence-electron chi connectivity index (χ4n) is 1.21. The molecule has 0 saturated carbocycles. The summed E-state index contributed by atoms with van der Waals surface area (Å²) in [5, 5.41) is 8.96. The summed E-state index contributed by atoms with van der Waals surface area (Å²) in [6.07, 6.45) is 3.49. The summed E-state index contributed by atoms with van der Waals surface area (Å²) in [7, 11) is 5.27. The number of hydrogen-bond acceptors (Lipinski definition) is 4. The molecule has 1 rings (SSSR count). The summed E-state index contributed by atoms with van der Waals surface area (Å²) in [6, 6.07) is 1.87. The Kier molecular flexibility index (Phi) is 5.06. The summed E-state index contributed by atoms with van der Waals surface area (Å²) in [6.45, 7) is 1.23. The number of hydrogen-bond donors (Lipinski definition) is 3. The second kappa shape index (κ2) is 6.57. The lowest BCUT2D eigenvalue weighted by Crippen LogP contribution is -2.37. The molecule has 0 aliphatic rings. The van der Waals surface area contributed by atoms with Crippen LogP contribution in [0.25, 0.3) is 0 Å². The van der Waals surface area contributed by atoms with Gasteiger partial charge in [0.1, 0.15) is 0 Å². The van der Waals surface area contributed by atoms with Crippen molar-refractivity contribution in [3.8, 4) is 0 Å².